The molecule has 15 heavy (non-hydrogen) atoms. The summed E-state index contributed by atoms with van der Waals surface area (Å²) < 4.78 is 6.44. The molecule has 0 spiro atoms. The number of hydrogen-bond acceptors (Lipinski definition) is 2. The molecule has 0 aliphatic heterocycles. The molecule has 0 aliphatic rings. The molecule has 1 rings (SSSR count). The Hall–Kier alpha value is -0.540. The summed E-state index contributed by atoms with van der Waals surface area (Å²) in [6.07, 6.45) is 2.06. The quantitative estimate of drug-likeness (QED) is 0.909. The molecule has 0 heterocycles. The molecule has 3 heteroatoms. The summed E-state index contributed by atoms with van der Waals surface area (Å²) in [5.74, 6) is 0.886. The maximum atomic E-state index is 6.10. The van der Waals surface area contributed by atoms with Gasteiger partial charge in [0.05, 0.1) is 7.11 Å². The van der Waals surface area contributed by atoms with Crippen LogP contribution in [0.2, 0.25) is 0 Å². The van der Waals surface area contributed by atoms with Crippen LogP contribution in [0.15, 0.2) is 16.6 Å². The largest absolute Gasteiger partial charge is 0.496 e. The predicted octanol–water partition coefficient (Wildman–Crippen LogP) is 3.57. The molecule has 0 radical (unpaired) electrons. The Morgan fingerprint density at radius 3 is 2.67 bits per heavy atom. The van der Waals surface area contributed by atoms with Crippen molar-refractivity contribution < 1.29 is 4.74 Å². The van der Waals surface area contributed by atoms with E-state index >= 15 is 0 Å². The second-order valence-corrected chi connectivity index (χ2v) is 4.59. The fraction of sp³-hybridized carbons (Fsp3) is 0.500. The van der Waals surface area contributed by atoms with Crippen LogP contribution in [-0.2, 0) is 0 Å². The van der Waals surface area contributed by atoms with Crippen LogP contribution in [0.25, 0.3) is 0 Å². The summed E-state index contributed by atoms with van der Waals surface area (Å²) in [6, 6.07) is 4.14. The van der Waals surface area contributed by atoms with E-state index in [1.807, 2.05) is 13.0 Å². The molecule has 2 nitrogen and oxygen atoms in total. The molecule has 0 amide bonds. The number of aryl methyl sites for hydroxylation is 1. The van der Waals surface area contributed by atoms with Crippen molar-refractivity contribution in [1.82, 2.24) is 0 Å². The van der Waals surface area contributed by atoms with Gasteiger partial charge < -0.3 is 10.5 Å². The molecule has 1 aromatic rings. The van der Waals surface area contributed by atoms with E-state index in [9.17, 15) is 0 Å². The van der Waals surface area contributed by atoms with Crippen molar-refractivity contribution in [3.05, 3.63) is 27.7 Å². The molecule has 0 saturated heterocycles. The van der Waals surface area contributed by atoms with Crippen LogP contribution in [0.1, 0.15) is 36.9 Å². The first-order valence-corrected chi connectivity index (χ1v) is 5.99. The smallest absolute Gasteiger partial charge is 0.123 e. The van der Waals surface area contributed by atoms with Crippen LogP contribution < -0.4 is 10.5 Å². The van der Waals surface area contributed by atoms with Gasteiger partial charge in [-0.1, -0.05) is 29.3 Å². The molecule has 1 aromatic carbocycles. The Labute approximate surface area is 99.9 Å². The lowest BCUT2D eigenvalue weighted by Gasteiger charge is -2.16. The van der Waals surface area contributed by atoms with Crippen LogP contribution in [0.4, 0.5) is 0 Å². The third-order valence-corrected chi connectivity index (χ3v) is 3.36. The van der Waals surface area contributed by atoms with Gasteiger partial charge in [-0.25, -0.2) is 0 Å². The number of nitrogens with two attached hydrogens (primary N) is 1. The van der Waals surface area contributed by atoms with E-state index in [2.05, 4.69) is 28.9 Å². The van der Waals surface area contributed by atoms with E-state index < -0.39 is 0 Å². The highest BCUT2D eigenvalue weighted by Crippen LogP contribution is 2.31. The number of methoxy groups -OCH3 is 1. The predicted molar refractivity (Wildman–Crippen MR) is 67.3 cm³/mol. The lowest BCUT2D eigenvalue weighted by molar-refractivity contribution is 0.403. The molecular formula is C12H18BrNO. The molecule has 84 valence electrons. The Morgan fingerprint density at radius 1 is 1.47 bits per heavy atom. The third kappa shape index (κ3) is 2.95. The second-order valence-electron chi connectivity index (χ2n) is 3.74. The van der Waals surface area contributed by atoms with E-state index in [1.54, 1.807) is 7.11 Å². The minimum Gasteiger partial charge on any atom is -0.496 e. The van der Waals surface area contributed by atoms with Crippen LogP contribution in [-0.4, -0.2) is 7.11 Å². The summed E-state index contributed by atoms with van der Waals surface area (Å²) in [6.45, 7) is 4.18. The maximum absolute atomic E-state index is 6.10. The summed E-state index contributed by atoms with van der Waals surface area (Å²) >= 11 is 3.52. The van der Waals surface area contributed by atoms with Crippen molar-refractivity contribution in [2.24, 2.45) is 5.73 Å². The van der Waals surface area contributed by atoms with Gasteiger partial charge in [-0.3, -0.25) is 0 Å². The number of rotatable bonds is 4. The van der Waals surface area contributed by atoms with Crippen LogP contribution in [0.5, 0.6) is 5.75 Å². The van der Waals surface area contributed by atoms with E-state index in [0.717, 1.165) is 28.6 Å². The van der Waals surface area contributed by atoms with E-state index in [4.69, 9.17) is 10.5 Å². The van der Waals surface area contributed by atoms with Gasteiger partial charge >= 0.3 is 0 Å². The highest BCUT2D eigenvalue weighted by atomic mass is 79.9. The number of benzene rings is 1. The van der Waals surface area contributed by atoms with Gasteiger partial charge in [-0.15, -0.1) is 0 Å². The van der Waals surface area contributed by atoms with Crippen molar-refractivity contribution in [2.45, 2.75) is 32.7 Å². The van der Waals surface area contributed by atoms with Crippen LogP contribution >= 0.6 is 15.9 Å². The summed E-state index contributed by atoms with van der Waals surface area (Å²) in [5, 5.41) is 0. The molecular weight excluding hydrogens is 254 g/mol. The lowest BCUT2D eigenvalue weighted by Crippen LogP contribution is -2.11. The Balaban J connectivity index is 3.09. The lowest BCUT2D eigenvalue weighted by atomic mass is 10.0. The topological polar surface area (TPSA) is 35.2 Å². The minimum atomic E-state index is 0.0573. The standard InChI is InChI=1S/C12H18BrNO/c1-4-5-11(14)9-7-10(13)8(2)6-12(9)15-3/h6-7,11H,4-5,14H2,1-3H3. The van der Waals surface area contributed by atoms with Crippen LogP contribution in [0.3, 0.4) is 0 Å². The summed E-state index contributed by atoms with van der Waals surface area (Å²) in [5.41, 5.74) is 8.35. The zero-order chi connectivity index (χ0) is 11.4. The van der Waals surface area contributed by atoms with Crippen molar-refractivity contribution >= 4 is 15.9 Å². The first kappa shape index (κ1) is 12.5. The molecule has 0 aliphatic carbocycles. The van der Waals surface area contributed by atoms with Gasteiger partial charge in [0.1, 0.15) is 5.75 Å². The van der Waals surface area contributed by atoms with Gasteiger partial charge in [0.15, 0.2) is 0 Å². The van der Waals surface area contributed by atoms with E-state index in [1.165, 1.54) is 5.56 Å². The molecule has 0 saturated carbocycles. The second kappa shape index (κ2) is 5.52. The Bertz CT molecular complexity index is 339. The summed E-state index contributed by atoms with van der Waals surface area (Å²) in [4.78, 5) is 0. The molecule has 0 fully saturated rings. The number of hydrogen-bond donors (Lipinski definition) is 1. The third-order valence-electron chi connectivity index (χ3n) is 2.51. The Morgan fingerprint density at radius 2 is 2.13 bits per heavy atom. The summed E-state index contributed by atoms with van der Waals surface area (Å²) in [7, 11) is 1.69. The first-order chi connectivity index (χ1) is 7.10. The van der Waals surface area contributed by atoms with Gasteiger partial charge in [0, 0.05) is 16.1 Å². The average molecular weight is 272 g/mol. The maximum Gasteiger partial charge on any atom is 0.123 e. The zero-order valence-electron chi connectivity index (χ0n) is 9.51. The first-order valence-electron chi connectivity index (χ1n) is 5.19. The fourth-order valence-electron chi connectivity index (χ4n) is 1.60. The van der Waals surface area contributed by atoms with Crippen molar-refractivity contribution in [3.8, 4) is 5.75 Å². The normalized spacial score (nSPS) is 12.6. The fourth-order valence-corrected chi connectivity index (χ4v) is 1.96. The number of halogens is 1. The van der Waals surface area contributed by atoms with Crippen LogP contribution in [0, 0.1) is 6.92 Å². The zero-order valence-corrected chi connectivity index (χ0v) is 11.1. The van der Waals surface area contributed by atoms with Crippen molar-refractivity contribution in [2.75, 3.05) is 7.11 Å². The van der Waals surface area contributed by atoms with Crippen molar-refractivity contribution in [3.63, 3.8) is 0 Å². The van der Waals surface area contributed by atoms with Gasteiger partial charge in [0.25, 0.3) is 0 Å². The minimum absolute atomic E-state index is 0.0573. The van der Waals surface area contributed by atoms with Gasteiger partial charge in [-0.05, 0) is 31.0 Å². The monoisotopic (exact) mass is 271 g/mol. The molecule has 1 atom stereocenters. The van der Waals surface area contributed by atoms with Gasteiger partial charge in [-0.2, -0.15) is 0 Å². The molecule has 0 aromatic heterocycles. The SMILES string of the molecule is CCCC(N)c1cc(Br)c(C)cc1OC. The average Bonchev–Trinajstić information content (AvgIpc) is 2.21. The number of ether oxygens (including phenoxy) is 1. The van der Waals surface area contributed by atoms with Crippen molar-refractivity contribution in [1.29, 1.82) is 0 Å². The van der Waals surface area contributed by atoms with E-state index in [-0.39, 0.29) is 6.04 Å². The Kier molecular flexibility index (Phi) is 4.61. The molecule has 1 unspecified atom stereocenters. The molecule has 2 N–H and O–H groups in total. The molecule has 0 bridgehead atoms. The van der Waals surface area contributed by atoms with E-state index in [0.29, 0.717) is 0 Å². The highest BCUT2D eigenvalue weighted by molar-refractivity contribution is 9.10. The van der Waals surface area contributed by atoms with Gasteiger partial charge in [0.2, 0.25) is 0 Å². The highest BCUT2D eigenvalue weighted by Gasteiger charge is 2.12.